The zero-order valence-electron chi connectivity index (χ0n) is 9.49. The Balaban J connectivity index is 1.84. The predicted molar refractivity (Wildman–Crippen MR) is 62.3 cm³/mol. The number of ether oxygens (including phenoxy) is 1. The lowest BCUT2D eigenvalue weighted by molar-refractivity contribution is 0.0885. The molecule has 2 nitrogen and oxygen atoms in total. The second kappa shape index (κ2) is 4.67. The number of benzene rings is 1. The number of aryl methyl sites for hydroxylation is 1. The van der Waals surface area contributed by atoms with Gasteiger partial charge in [0.2, 0.25) is 0 Å². The van der Waals surface area contributed by atoms with Gasteiger partial charge in [-0.15, -0.1) is 0 Å². The quantitative estimate of drug-likeness (QED) is 0.815. The van der Waals surface area contributed by atoms with Crippen molar-refractivity contribution in [2.45, 2.75) is 38.3 Å². The molecule has 0 aliphatic heterocycles. The first-order chi connectivity index (χ1) is 7.31. The summed E-state index contributed by atoms with van der Waals surface area (Å²) >= 11 is 0. The first-order valence-electron chi connectivity index (χ1n) is 5.74. The fourth-order valence-electron chi connectivity index (χ4n) is 1.89. The van der Waals surface area contributed by atoms with Crippen LogP contribution < -0.4 is 10.1 Å². The molecule has 1 saturated carbocycles. The van der Waals surface area contributed by atoms with Crippen LogP contribution >= 0.6 is 0 Å². The molecule has 0 saturated heterocycles. The van der Waals surface area contributed by atoms with Crippen LogP contribution in [0.4, 0.5) is 0 Å². The van der Waals surface area contributed by atoms with Crippen LogP contribution in [0.2, 0.25) is 0 Å². The van der Waals surface area contributed by atoms with E-state index >= 15 is 0 Å². The molecule has 0 amide bonds. The molecule has 0 radical (unpaired) electrons. The van der Waals surface area contributed by atoms with E-state index in [0.29, 0.717) is 12.1 Å². The lowest BCUT2D eigenvalue weighted by Gasteiger charge is -2.35. The van der Waals surface area contributed by atoms with E-state index in [9.17, 15) is 0 Å². The summed E-state index contributed by atoms with van der Waals surface area (Å²) in [5.41, 5.74) is 1.36. The largest absolute Gasteiger partial charge is 0.490 e. The zero-order chi connectivity index (χ0) is 10.7. The molecule has 1 aromatic rings. The summed E-state index contributed by atoms with van der Waals surface area (Å²) in [6.45, 7) is 2.17. The average Bonchev–Trinajstić information content (AvgIpc) is 2.23. The van der Waals surface area contributed by atoms with E-state index < -0.39 is 0 Å². The van der Waals surface area contributed by atoms with Gasteiger partial charge in [-0.2, -0.15) is 0 Å². The molecule has 1 aromatic carbocycles. The van der Waals surface area contributed by atoms with E-state index in [2.05, 4.69) is 36.5 Å². The van der Waals surface area contributed by atoms with Crippen molar-refractivity contribution in [1.29, 1.82) is 0 Å². The van der Waals surface area contributed by atoms with Crippen molar-refractivity contribution < 1.29 is 4.74 Å². The lowest BCUT2D eigenvalue weighted by Crippen LogP contribution is -2.45. The van der Waals surface area contributed by atoms with Crippen LogP contribution in [0, 0.1) is 0 Å². The Kier molecular flexibility index (Phi) is 3.27. The van der Waals surface area contributed by atoms with Crippen LogP contribution in [0.5, 0.6) is 5.75 Å². The predicted octanol–water partition coefficient (Wildman–Crippen LogP) is 2.38. The van der Waals surface area contributed by atoms with Crippen molar-refractivity contribution in [1.82, 2.24) is 5.32 Å². The Morgan fingerprint density at radius 2 is 1.93 bits per heavy atom. The van der Waals surface area contributed by atoms with Gasteiger partial charge in [0.25, 0.3) is 0 Å². The second-order valence-corrected chi connectivity index (χ2v) is 4.19. The van der Waals surface area contributed by atoms with Crippen LogP contribution in [0.1, 0.15) is 25.3 Å². The summed E-state index contributed by atoms with van der Waals surface area (Å²) in [4.78, 5) is 0. The molecule has 2 heteroatoms. The Hall–Kier alpha value is -1.02. The van der Waals surface area contributed by atoms with E-state index in [1.165, 1.54) is 5.56 Å². The van der Waals surface area contributed by atoms with Crippen molar-refractivity contribution in [3.05, 3.63) is 29.8 Å². The number of hydrogen-bond donors (Lipinski definition) is 1. The molecular formula is C13H19NO. The third-order valence-corrected chi connectivity index (χ3v) is 3.14. The summed E-state index contributed by atoms with van der Waals surface area (Å²) in [6.07, 6.45) is 3.76. The van der Waals surface area contributed by atoms with Gasteiger partial charge in [0, 0.05) is 6.04 Å². The number of nitrogens with one attached hydrogen (secondary N) is 1. The van der Waals surface area contributed by atoms with Gasteiger partial charge < -0.3 is 10.1 Å². The minimum Gasteiger partial charge on any atom is -0.490 e. The molecule has 82 valence electrons. The molecule has 15 heavy (non-hydrogen) atoms. The molecule has 1 aliphatic rings. The highest BCUT2D eigenvalue weighted by molar-refractivity contribution is 5.27. The zero-order valence-corrected chi connectivity index (χ0v) is 9.49. The SMILES string of the molecule is CCc1ccc(OC2CC(NC)C2)cc1. The summed E-state index contributed by atoms with van der Waals surface area (Å²) in [7, 11) is 2.01. The lowest BCUT2D eigenvalue weighted by atomic mass is 9.89. The van der Waals surface area contributed by atoms with Gasteiger partial charge in [-0.3, -0.25) is 0 Å². The van der Waals surface area contributed by atoms with Crippen molar-refractivity contribution in [2.24, 2.45) is 0 Å². The van der Waals surface area contributed by atoms with Crippen molar-refractivity contribution >= 4 is 0 Å². The molecule has 0 atom stereocenters. The fraction of sp³-hybridized carbons (Fsp3) is 0.538. The second-order valence-electron chi connectivity index (χ2n) is 4.19. The highest BCUT2D eigenvalue weighted by atomic mass is 16.5. The minimum absolute atomic E-state index is 0.412. The van der Waals surface area contributed by atoms with Crippen LogP contribution in [-0.4, -0.2) is 19.2 Å². The van der Waals surface area contributed by atoms with Gasteiger partial charge in [0.05, 0.1) is 0 Å². The number of hydrogen-bond acceptors (Lipinski definition) is 2. The summed E-state index contributed by atoms with van der Waals surface area (Å²) in [6, 6.07) is 9.09. The van der Waals surface area contributed by atoms with Gasteiger partial charge in [0.1, 0.15) is 11.9 Å². The van der Waals surface area contributed by atoms with Crippen LogP contribution in [0.25, 0.3) is 0 Å². The van der Waals surface area contributed by atoms with Gasteiger partial charge in [-0.1, -0.05) is 19.1 Å². The third-order valence-electron chi connectivity index (χ3n) is 3.14. The normalized spacial score (nSPS) is 24.7. The number of rotatable bonds is 4. The molecule has 0 aromatic heterocycles. The van der Waals surface area contributed by atoms with Gasteiger partial charge >= 0.3 is 0 Å². The average molecular weight is 205 g/mol. The van der Waals surface area contributed by atoms with Crippen molar-refractivity contribution in [2.75, 3.05) is 7.05 Å². The van der Waals surface area contributed by atoms with E-state index in [4.69, 9.17) is 4.74 Å². The summed E-state index contributed by atoms with van der Waals surface area (Å²) in [5.74, 6) is 1.01. The minimum atomic E-state index is 0.412. The van der Waals surface area contributed by atoms with Gasteiger partial charge in [0.15, 0.2) is 0 Å². The Morgan fingerprint density at radius 3 is 2.47 bits per heavy atom. The maximum absolute atomic E-state index is 5.84. The molecular weight excluding hydrogens is 186 g/mol. The Labute approximate surface area is 91.6 Å². The van der Waals surface area contributed by atoms with E-state index in [0.717, 1.165) is 25.0 Å². The third kappa shape index (κ3) is 2.51. The van der Waals surface area contributed by atoms with E-state index in [1.807, 2.05) is 7.05 Å². The monoisotopic (exact) mass is 205 g/mol. The van der Waals surface area contributed by atoms with E-state index in [1.54, 1.807) is 0 Å². The molecule has 1 fully saturated rings. The van der Waals surface area contributed by atoms with Crippen molar-refractivity contribution in [3.8, 4) is 5.75 Å². The maximum Gasteiger partial charge on any atom is 0.119 e. The Bertz CT molecular complexity index is 301. The van der Waals surface area contributed by atoms with Crippen LogP contribution in [-0.2, 0) is 6.42 Å². The van der Waals surface area contributed by atoms with Crippen LogP contribution in [0.15, 0.2) is 24.3 Å². The highest BCUT2D eigenvalue weighted by Gasteiger charge is 2.29. The van der Waals surface area contributed by atoms with Gasteiger partial charge in [-0.05, 0) is 44.0 Å². The van der Waals surface area contributed by atoms with Crippen molar-refractivity contribution in [3.63, 3.8) is 0 Å². The first kappa shape index (κ1) is 10.5. The summed E-state index contributed by atoms with van der Waals surface area (Å²) in [5, 5.41) is 3.26. The molecule has 1 aliphatic carbocycles. The van der Waals surface area contributed by atoms with Crippen LogP contribution in [0.3, 0.4) is 0 Å². The Morgan fingerprint density at radius 1 is 1.27 bits per heavy atom. The first-order valence-corrected chi connectivity index (χ1v) is 5.74. The molecule has 1 N–H and O–H groups in total. The molecule has 0 bridgehead atoms. The molecule has 2 rings (SSSR count). The maximum atomic E-state index is 5.84. The smallest absolute Gasteiger partial charge is 0.119 e. The standard InChI is InChI=1S/C13H19NO/c1-3-10-4-6-12(7-5-10)15-13-8-11(9-13)14-2/h4-7,11,13-14H,3,8-9H2,1-2H3. The molecule has 0 spiro atoms. The fourth-order valence-corrected chi connectivity index (χ4v) is 1.89. The molecule has 0 heterocycles. The van der Waals surface area contributed by atoms with E-state index in [-0.39, 0.29) is 0 Å². The summed E-state index contributed by atoms with van der Waals surface area (Å²) < 4.78 is 5.84. The topological polar surface area (TPSA) is 21.3 Å². The molecule has 0 unspecified atom stereocenters. The highest BCUT2D eigenvalue weighted by Crippen LogP contribution is 2.25. The van der Waals surface area contributed by atoms with Gasteiger partial charge in [-0.25, -0.2) is 0 Å².